The molecule has 0 aliphatic carbocycles. The molecule has 166 valence electrons. The Morgan fingerprint density at radius 1 is 0.647 bits per heavy atom. The topological polar surface area (TPSA) is 78.8 Å². The van der Waals surface area contributed by atoms with Crippen LogP contribution in [-0.2, 0) is 13.1 Å². The van der Waals surface area contributed by atoms with Gasteiger partial charge < -0.3 is 9.80 Å². The second-order valence-electron chi connectivity index (χ2n) is 8.10. The summed E-state index contributed by atoms with van der Waals surface area (Å²) >= 11 is 0. The average molecular weight is 445 g/mol. The van der Waals surface area contributed by atoms with Gasteiger partial charge in [-0.15, -0.1) is 0 Å². The largest absolute Gasteiger partial charge is 0.349 e. The van der Waals surface area contributed by atoms with Gasteiger partial charge in [0, 0.05) is 50.7 Å². The maximum atomic E-state index is 9.42. The number of hydrogen-bond donors (Lipinski definition) is 0. The van der Waals surface area contributed by atoms with E-state index in [2.05, 4.69) is 46.6 Å². The summed E-state index contributed by atoms with van der Waals surface area (Å²) in [4.78, 5) is 4.00. The summed E-state index contributed by atoms with van der Waals surface area (Å²) in [6, 6.07) is 24.7. The van der Waals surface area contributed by atoms with Crippen molar-refractivity contribution >= 4 is 12.4 Å². The number of benzene rings is 2. The summed E-state index contributed by atoms with van der Waals surface area (Å²) in [6.45, 7) is 1.36. The molecule has 0 saturated carbocycles. The average Bonchev–Trinajstić information content (AvgIpc) is 2.87. The molecular weight excluding hydrogens is 420 g/mol. The van der Waals surface area contributed by atoms with E-state index < -0.39 is 0 Å². The lowest BCUT2D eigenvalue weighted by Crippen LogP contribution is -2.15. The van der Waals surface area contributed by atoms with E-state index >= 15 is 0 Å². The Kier molecular flexibility index (Phi) is 7.46. The van der Waals surface area contributed by atoms with Gasteiger partial charge in [-0.2, -0.15) is 20.7 Å². The molecule has 6 nitrogen and oxygen atoms in total. The second kappa shape index (κ2) is 11.3. The van der Waals surface area contributed by atoms with Crippen molar-refractivity contribution in [3.8, 4) is 12.1 Å². The van der Waals surface area contributed by atoms with Crippen LogP contribution in [-0.4, -0.2) is 22.2 Å². The Labute approximate surface area is 200 Å². The van der Waals surface area contributed by atoms with E-state index in [1.807, 2.05) is 71.0 Å². The third-order valence-electron chi connectivity index (χ3n) is 5.31. The number of rotatable bonds is 7. The van der Waals surface area contributed by atoms with Crippen LogP contribution in [0.5, 0.6) is 0 Å². The van der Waals surface area contributed by atoms with Crippen molar-refractivity contribution in [1.29, 1.82) is 10.5 Å². The Morgan fingerprint density at radius 3 is 1.44 bits per heavy atom. The molecule has 0 bridgehead atoms. The molecule has 2 aromatic rings. The van der Waals surface area contributed by atoms with Crippen LogP contribution in [0.1, 0.15) is 24.0 Å². The molecule has 0 aromatic heterocycles. The fourth-order valence-electron chi connectivity index (χ4n) is 3.80. The lowest BCUT2D eigenvalue weighted by atomic mass is 10.1. The van der Waals surface area contributed by atoms with Crippen molar-refractivity contribution in [2.24, 2.45) is 10.2 Å². The number of nitrogens with zero attached hydrogens (tertiary/aromatic N) is 6. The molecule has 6 heteroatoms. The molecule has 0 fully saturated rings. The Hall–Kier alpha value is -4.68. The zero-order chi connectivity index (χ0) is 23.6. The third-order valence-corrected chi connectivity index (χ3v) is 5.31. The van der Waals surface area contributed by atoms with E-state index in [1.165, 1.54) is 0 Å². The fourth-order valence-corrected chi connectivity index (χ4v) is 3.80. The third kappa shape index (κ3) is 6.41. The second-order valence-corrected chi connectivity index (χ2v) is 8.10. The molecule has 0 saturated heterocycles. The first-order valence-corrected chi connectivity index (χ1v) is 11.0. The van der Waals surface area contributed by atoms with Crippen LogP contribution in [0.25, 0.3) is 0 Å². The maximum Gasteiger partial charge on any atom is 0.0966 e. The van der Waals surface area contributed by atoms with Crippen LogP contribution in [0.4, 0.5) is 0 Å². The molecule has 0 spiro atoms. The standard InChI is InChI=1S/C28H24N6/c29-13-25-11-27(21-33(19-25)17-23-7-3-1-4-8-23)15-31-32-16-28-12-26(14-30)20-34(22-28)18-24-9-5-2-6-10-24/h1-10,15-16,19-22H,11-12,17-18H2/b31-15+,32-16+. The monoisotopic (exact) mass is 444 g/mol. The van der Waals surface area contributed by atoms with Crippen molar-refractivity contribution in [1.82, 2.24) is 9.80 Å². The predicted molar refractivity (Wildman–Crippen MR) is 134 cm³/mol. The molecule has 0 radical (unpaired) electrons. The molecule has 0 N–H and O–H groups in total. The van der Waals surface area contributed by atoms with Crippen LogP contribution >= 0.6 is 0 Å². The van der Waals surface area contributed by atoms with Crippen molar-refractivity contribution in [2.45, 2.75) is 25.9 Å². The molecule has 34 heavy (non-hydrogen) atoms. The minimum absolute atomic E-state index is 0.523. The summed E-state index contributed by atoms with van der Waals surface area (Å²) in [7, 11) is 0. The fraction of sp³-hybridized carbons (Fsp3) is 0.143. The smallest absolute Gasteiger partial charge is 0.0966 e. The number of hydrogen-bond acceptors (Lipinski definition) is 6. The predicted octanol–water partition coefficient (Wildman–Crippen LogP) is 5.44. The Morgan fingerprint density at radius 2 is 1.06 bits per heavy atom. The van der Waals surface area contributed by atoms with Gasteiger partial charge in [0.1, 0.15) is 0 Å². The van der Waals surface area contributed by atoms with Crippen LogP contribution in [0.2, 0.25) is 0 Å². The summed E-state index contributed by atoms with van der Waals surface area (Å²) in [5, 5.41) is 27.3. The van der Waals surface area contributed by atoms with Crippen LogP contribution in [0.15, 0.2) is 118 Å². The minimum atomic E-state index is 0.523. The van der Waals surface area contributed by atoms with Crippen molar-refractivity contribution < 1.29 is 0 Å². The van der Waals surface area contributed by atoms with Crippen molar-refractivity contribution in [3.05, 3.63) is 119 Å². The van der Waals surface area contributed by atoms with Crippen LogP contribution < -0.4 is 0 Å². The normalized spacial score (nSPS) is 15.9. The Bertz CT molecular complexity index is 1170. The first-order valence-electron chi connectivity index (χ1n) is 11.0. The van der Waals surface area contributed by atoms with Gasteiger partial charge in [0.15, 0.2) is 0 Å². The van der Waals surface area contributed by atoms with Crippen LogP contribution in [0, 0.1) is 22.7 Å². The van der Waals surface area contributed by atoms with E-state index in [0.717, 1.165) is 22.3 Å². The molecule has 0 atom stereocenters. The molecule has 4 rings (SSSR count). The Balaban J connectivity index is 1.42. The van der Waals surface area contributed by atoms with Gasteiger partial charge >= 0.3 is 0 Å². The first-order chi connectivity index (χ1) is 16.7. The maximum absolute atomic E-state index is 9.42. The molecule has 0 unspecified atom stereocenters. The van der Waals surface area contributed by atoms with Crippen molar-refractivity contribution in [2.75, 3.05) is 0 Å². The highest BCUT2D eigenvalue weighted by atomic mass is 15.2. The summed E-state index contributed by atoms with van der Waals surface area (Å²) < 4.78 is 0. The molecule has 2 aromatic carbocycles. The van der Waals surface area contributed by atoms with Gasteiger partial charge in [0.25, 0.3) is 0 Å². The van der Waals surface area contributed by atoms with Crippen LogP contribution in [0.3, 0.4) is 0 Å². The molecule has 2 aliphatic heterocycles. The van der Waals surface area contributed by atoms with Gasteiger partial charge in [0.05, 0.1) is 35.7 Å². The molecule has 0 amide bonds. The SMILES string of the molecule is N#CC1=CN(Cc2ccccc2)C=C(/C=N/N=C/C2=CN(Cc3ccccc3)C=C(C#N)C2)C1. The van der Waals surface area contributed by atoms with E-state index in [4.69, 9.17) is 0 Å². The quantitative estimate of drug-likeness (QED) is 0.421. The molecule has 2 heterocycles. The minimum Gasteiger partial charge on any atom is -0.349 e. The van der Waals surface area contributed by atoms with Crippen molar-refractivity contribution in [3.63, 3.8) is 0 Å². The molecular formula is C28H24N6. The number of allylic oxidation sites excluding steroid dienone is 4. The summed E-state index contributed by atoms with van der Waals surface area (Å²) in [5.41, 5.74) is 5.50. The lowest BCUT2D eigenvalue weighted by Gasteiger charge is -2.22. The highest BCUT2D eigenvalue weighted by Gasteiger charge is 2.12. The van der Waals surface area contributed by atoms with E-state index in [1.54, 1.807) is 12.4 Å². The van der Waals surface area contributed by atoms with Gasteiger partial charge in [0.2, 0.25) is 0 Å². The zero-order valence-electron chi connectivity index (χ0n) is 18.7. The van der Waals surface area contributed by atoms with Gasteiger partial charge in [-0.3, -0.25) is 0 Å². The van der Waals surface area contributed by atoms with E-state index in [0.29, 0.717) is 37.1 Å². The highest BCUT2D eigenvalue weighted by Crippen LogP contribution is 2.21. The van der Waals surface area contributed by atoms with Gasteiger partial charge in [-0.05, 0) is 22.3 Å². The zero-order valence-corrected chi connectivity index (χ0v) is 18.7. The summed E-state index contributed by atoms with van der Waals surface area (Å²) in [5.74, 6) is 0. The first kappa shape index (κ1) is 22.5. The van der Waals surface area contributed by atoms with E-state index in [9.17, 15) is 10.5 Å². The number of nitriles is 2. The van der Waals surface area contributed by atoms with E-state index in [-0.39, 0.29) is 0 Å². The van der Waals surface area contributed by atoms with Gasteiger partial charge in [-0.25, -0.2) is 0 Å². The lowest BCUT2D eigenvalue weighted by molar-refractivity contribution is 0.487. The summed E-state index contributed by atoms with van der Waals surface area (Å²) in [6.07, 6.45) is 12.1. The van der Waals surface area contributed by atoms with Gasteiger partial charge in [-0.1, -0.05) is 60.7 Å². The molecule has 2 aliphatic rings. The highest BCUT2D eigenvalue weighted by molar-refractivity contribution is 5.83.